The van der Waals surface area contributed by atoms with E-state index in [2.05, 4.69) is 22.1 Å². The van der Waals surface area contributed by atoms with Crippen LogP contribution in [0.1, 0.15) is 24.2 Å². The van der Waals surface area contributed by atoms with Crippen LogP contribution in [0.5, 0.6) is 0 Å². The smallest absolute Gasteiger partial charge is 0.283 e. The van der Waals surface area contributed by atoms with Crippen molar-refractivity contribution in [1.82, 2.24) is 24.4 Å². The molecular formula is C33H32N6O3S. The van der Waals surface area contributed by atoms with Crippen LogP contribution in [0.3, 0.4) is 0 Å². The highest BCUT2D eigenvalue weighted by atomic mass is 32.2. The van der Waals surface area contributed by atoms with Gasteiger partial charge in [0, 0.05) is 72.6 Å². The van der Waals surface area contributed by atoms with Crippen molar-refractivity contribution in [3.05, 3.63) is 97.1 Å². The lowest BCUT2D eigenvalue weighted by atomic mass is 9.92. The van der Waals surface area contributed by atoms with Crippen molar-refractivity contribution in [2.45, 2.75) is 18.9 Å². The molecule has 0 saturated heterocycles. The maximum Gasteiger partial charge on any atom is 0.283 e. The molecule has 6 aromatic rings. The Morgan fingerprint density at radius 3 is 2.30 bits per heavy atom. The van der Waals surface area contributed by atoms with Gasteiger partial charge in [-0.3, -0.25) is 9.10 Å². The Labute approximate surface area is 250 Å². The van der Waals surface area contributed by atoms with Crippen LogP contribution in [0.25, 0.3) is 44.2 Å². The van der Waals surface area contributed by atoms with E-state index in [4.69, 9.17) is 4.98 Å². The van der Waals surface area contributed by atoms with Crippen LogP contribution in [-0.2, 0) is 17.1 Å². The molecule has 3 aromatic heterocycles. The number of aromatic nitrogens is 4. The minimum Gasteiger partial charge on any atom is -0.339 e. The number of sulfonamides is 1. The number of H-pyrrole nitrogens is 1. The Balaban J connectivity index is 1.53. The number of benzene rings is 3. The zero-order valence-corrected chi connectivity index (χ0v) is 25.3. The van der Waals surface area contributed by atoms with Crippen molar-refractivity contribution in [3.63, 3.8) is 0 Å². The van der Waals surface area contributed by atoms with E-state index in [0.717, 1.165) is 38.5 Å². The maximum absolute atomic E-state index is 13.4. The first-order chi connectivity index (χ1) is 20.7. The Hall–Kier alpha value is -4.96. The molecule has 1 amide bonds. The Morgan fingerprint density at radius 2 is 1.65 bits per heavy atom. The quantitative estimate of drug-likeness (QED) is 0.230. The van der Waals surface area contributed by atoms with E-state index in [1.54, 1.807) is 22.6 Å². The zero-order chi connectivity index (χ0) is 30.3. The summed E-state index contributed by atoms with van der Waals surface area (Å²) < 4.78 is 29.6. The minimum atomic E-state index is -3.87. The predicted octanol–water partition coefficient (Wildman–Crippen LogP) is 6.09. The largest absolute Gasteiger partial charge is 0.339 e. The van der Waals surface area contributed by atoms with Crippen LogP contribution < -0.4 is 4.31 Å². The van der Waals surface area contributed by atoms with Crippen molar-refractivity contribution in [2.24, 2.45) is 7.05 Å². The van der Waals surface area contributed by atoms with E-state index in [-0.39, 0.29) is 10.9 Å². The molecule has 0 atom stereocenters. The first-order valence-corrected chi connectivity index (χ1v) is 15.5. The zero-order valence-electron chi connectivity index (χ0n) is 24.4. The number of hydrogen-bond donors (Lipinski definition) is 1. The summed E-state index contributed by atoms with van der Waals surface area (Å²) in [5.74, 6) is 0.00217. The summed E-state index contributed by atoms with van der Waals surface area (Å²) in [5.41, 5.74) is 6.45. The molecule has 0 radical (unpaired) electrons. The lowest BCUT2D eigenvalue weighted by Crippen LogP contribution is -2.30. The van der Waals surface area contributed by atoms with Crippen molar-refractivity contribution in [3.8, 4) is 22.3 Å². The van der Waals surface area contributed by atoms with Gasteiger partial charge in [0.2, 0.25) is 0 Å². The van der Waals surface area contributed by atoms with E-state index >= 15 is 0 Å². The van der Waals surface area contributed by atoms with Gasteiger partial charge in [-0.25, -0.2) is 9.97 Å². The van der Waals surface area contributed by atoms with Gasteiger partial charge in [-0.2, -0.15) is 8.42 Å². The molecular weight excluding hydrogens is 560 g/mol. The summed E-state index contributed by atoms with van der Waals surface area (Å²) in [6.07, 6.45) is 4.80. The third-order valence-electron chi connectivity index (χ3n) is 7.83. The highest BCUT2D eigenvalue weighted by Gasteiger charge is 2.25. The number of nitrogens with one attached hydrogen (secondary N) is 1. The number of hydrogen-bond acceptors (Lipinski definition) is 5. The molecule has 0 aliphatic rings. The molecule has 3 heterocycles. The van der Waals surface area contributed by atoms with Gasteiger partial charge in [-0.15, -0.1) is 0 Å². The van der Waals surface area contributed by atoms with Gasteiger partial charge in [0.05, 0.1) is 12.0 Å². The number of fused-ring (bicyclic) bond motifs is 3. The number of carbonyl (C=O) groups is 1. The van der Waals surface area contributed by atoms with E-state index in [0.29, 0.717) is 30.0 Å². The molecule has 0 saturated carbocycles. The number of nitrogens with zero attached hydrogens (tertiary/aromatic N) is 5. The van der Waals surface area contributed by atoms with E-state index in [1.807, 2.05) is 74.6 Å². The third-order valence-corrected chi connectivity index (χ3v) is 9.50. The molecule has 0 unspecified atom stereocenters. The van der Waals surface area contributed by atoms with Crippen LogP contribution in [0.4, 0.5) is 5.69 Å². The second-order valence-electron chi connectivity index (χ2n) is 10.4. The molecule has 43 heavy (non-hydrogen) atoms. The van der Waals surface area contributed by atoms with Crippen LogP contribution in [-0.4, -0.2) is 58.9 Å². The van der Waals surface area contributed by atoms with Crippen molar-refractivity contribution >= 4 is 43.6 Å². The van der Waals surface area contributed by atoms with E-state index in [9.17, 15) is 13.2 Å². The number of carbonyl (C=O) groups excluding carboxylic acids is 1. The second kappa shape index (κ2) is 11.0. The normalized spacial score (nSPS) is 11.7. The molecule has 0 fully saturated rings. The monoisotopic (exact) mass is 592 g/mol. The van der Waals surface area contributed by atoms with Crippen LogP contribution >= 0.6 is 0 Å². The minimum absolute atomic E-state index is 0.00217. The van der Waals surface area contributed by atoms with E-state index < -0.39 is 10.0 Å². The first-order valence-electron chi connectivity index (χ1n) is 14.1. The lowest BCUT2D eigenvalue weighted by Gasteiger charge is -2.19. The first kappa shape index (κ1) is 28.2. The highest BCUT2D eigenvalue weighted by Crippen LogP contribution is 2.41. The van der Waals surface area contributed by atoms with Crippen molar-refractivity contribution < 1.29 is 13.2 Å². The van der Waals surface area contributed by atoms with Gasteiger partial charge in [0.25, 0.3) is 15.9 Å². The molecule has 218 valence electrons. The number of aromatic amines is 1. The standard InChI is InChI=1S/C33H32N6O3S/c1-5-39(6-2)33(40)24-14-12-22(13-15-24)27-19-34-32-31(30(27)23-10-8-7-9-11-23)26-18-25(16-17-28(26)36-32)38(4)43(41,42)29-20-37(3)21-35-29/h7-21H,5-6H2,1-4H3,(H,34,36). The fraction of sp³-hybridized carbons (Fsp3) is 0.182. The van der Waals surface area contributed by atoms with E-state index in [1.165, 1.54) is 23.9 Å². The van der Waals surface area contributed by atoms with Crippen LogP contribution in [0.2, 0.25) is 0 Å². The number of pyridine rings is 1. The van der Waals surface area contributed by atoms with Crippen molar-refractivity contribution in [2.75, 3.05) is 24.4 Å². The SMILES string of the molecule is CCN(CC)C(=O)c1ccc(-c2cnc3[nH]c4ccc(N(C)S(=O)(=O)c5cn(C)cn5)cc4c3c2-c2ccccc2)cc1. The number of rotatable bonds is 8. The molecule has 9 nitrogen and oxygen atoms in total. The van der Waals surface area contributed by atoms with Gasteiger partial charge in [0.1, 0.15) is 5.65 Å². The summed E-state index contributed by atoms with van der Waals surface area (Å²) in [7, 11) is -0.603. The summed E-state index contributed by atoms with van der Waals surface area (Å²) >= 11 is 0. The molecule has 10 heteroatoms. The lowest BCUT2D eigenvalue weighted by molar-refractivity contribution is 0.0773. The summed E-state index contributed by atoms with van der Waals surface area (Å²) in [4.78, 5) is 27.0. The topological polar surface area (TPSA) is 104 Å². The molecule has 3 aromatic carbocycles. The molecule has 0 bridgehead atoms. The van der Waals surface area contributed by atoms with Gasteiger partial charge in [-0.05, 0) is 55.3 Å². The summed E-state index contributed by atoms with van der Waals surface area (Å²) in [6.45, 7) is 5.25. The molecule has 0 aliphatic carbocycles. The average Bonchev–Trinajstić information content (AvgIpc) is 3.64. The Kier molecular flexibility index (Phi) is 7.23. The number of amides is 1. The fourth-order valence-electron chi connectivity index (χ4n) is 5.45. The maximum atomic E-state index is 13.4. The van der Waals surface area contributed by atoms with Crippen molar-refractivity contribution in [1.29, 1.82) is 0 Å². The van der Waals surface area contributed by atoms with Gasteiger partial charge < -0.3 is 14.5 Å². The number of anilines is 1. The summed E-state index contributed by atoms with van der Waals surface area (Å²) in [6, 6.07) is 23.2. The molecule has 1 N–H and O–H groups in total. The number of imidazole rings is 1. The van der Waals surface area contributed by atoms with Crippen LogP contribution in [0, 0.1) is 0 Å². The van der Waals surface area contributed by atoms with Crippen LogP contribution in [0.15, 0.2) is 96.5 Å². The summed E-state index contributed by atoms with van der Waals surface area (Å²) in [5, 5.41) is 1.71. The predicted molar refractivity (Wildman–Crippen MR) is 171 cm³/mol. The average molecular weight is 593 g/mol. The van der Waals surface area contributed by atoms with Gasteiger partial charge in [-0.1, -0.05) is 42.5 Å². The third kappa shape index (κ3) is 4.93. The number of aryl methyl sites for hydroxylation is 1. The second-order valence-corrected chi connectivity index (χ2v) is 12.3. The molecule has 6 rings (SSSR count). The Morgan fingerprint density at radius 1 is 0.930 bits per heavy atom. The molecule has 0 spiro atoms. The molecule has 0 aliphatic heterocycles. The van der Waals surface area contributed by atoms with Gasteiger partial charge in [0.15, 0.2) is 5.03 Å². The Bertz CT molecular complexity index is 2060. The van der Waals surface area contributed by atoms with Gasteiger partial charge >= 0.3 is 0 Å². The highest BCUT2D eigenvalue weighted by molar-refractivity contribution is 7.92. The fourth-order valence-corrected chi connectivity index (χ4v) is 6.60.